The van der Waals surface area contributed by atoms with Crippen molar-refractivity contribution in [2.45, 2.75) is 6.04 Å². The first-order chi connectivity index (χ1) is 9.54. The van der Waals surface area contributed by atoms with Gasteiger partial charge in [0.05, 0.1) is 11.7 Å². The molecule has 2 aromatic rings. The summed E-state index contributed by atoms with van der Waals surface area (Å²) in [5.74, 6) is -0.278. The first kappa shape index (κ1) is 15.3. The SMILES string of the molecule is CN(c1ccccc1F)C(CN)c1cc(Br)ccc1Cl. The zero-order valence-corrected chi connectivity index (χ0v) is 13.3. The third kappa shape index (κ3) is 3.14. The van der Waals surface area contributed by atoms with Crippen LogP contribution in [-0.2, 0) is 0 Å². The summed E-state index contributed by atoms with van der Waals surface area (Å²) in [5.41, 5.74) is 7.24. The molecule has 0 saturated heterocycles. The molecule has 1 unspecified atom stereocenters. The molecule has 0 saturated carbocycles. The van der Waals surface area contributed by atoms with E-state index in [9.17, 15) is 4.39 Å². The maximum Gasteiger partial charge on any atom is 0.146 e. The second-order valence-electron chi connectivity index (χ2n) is 4.48. The zero-order valence-electron chi connectivity index (χ0n) is 11.0. The van der Waals surface area contributed by atoms with Gasteiger partial charge < -0.3 is 10.6 Å². The molecule has 0 aliphatic rings. The normalized spacial score (nSPS) is 12.2. The van der Waals surface area contributed by atoms with Crippen molar-refractivity contribution in [3.8, 4) is 0 Å². The molecule has 0 spiro atoms. The summed E-state index contributed by atoms with van der Waals surface area (Å²) in [7, 11) is 1.81. The lowest BCUT2D eigenvalue weighted by Crippen LogP contribution is -2.31. The first-order valence-corrected chi connectivity index (χ1v) is 7.34. The van der Waals surface area contributed by atoms with E-state index >= 15 is 0 Å². The molecule has 0 bridgehead atoms. The smallest absolute Gasteiger partial charge is 0.146 e. The van der Waals surface area contributed by atoms with Crippen molar-refractivity contribution in [1.29, 1.82) is 0 Å². The Labute approximate surface area is 131 Å². The summed E-state index contributed by atoms with van der Waals surface area (Å²) in [5, 5.41) is 0.617. The van der Waals surface area contributed by atoms with Crippen molar-refractivity contribution < 1.29 is 4.39 Å². The fraction of sp³-hybridized carbons (Fsp3) is 0.200. The predicted molar refractivity (Wildman–Crippen MR) is 85.8 cm³/mol. The highest BCUT2D eigenvalue weighted by molar-refractivity contribution is 9.10. The second kappa shape index (κ2) is 6.57. The lowest BCUT2D eigenvalue weighted by atomic mass is 10.0. The van der Waals surface area contributed by atoms with Crippen molar-refractivity contribution in [3.05, 3.63) is 63.3 Å². The van der Waals surface area contributed by atoms with Gasteiger partial charge in [-0.1, -0.05) is 39.7 Å². The van der Waals surface area contributed by atoms with E-state index in [1.165, 1.54) is 6.07 Å². The summed E-state index contributed by atoms with van der Waals surface area (Å²) in [4.78, 5) is 1.81. The Hall–Kier alpha value is -1.10. The van der Waals surface area contributed by atoms with Gasteiger partial charge >= 0.3 is 0 Å². The van der Waals surface area contributed by atoms with Crippen LogP contribution < -0.4 is 10.6 Å². The van der Waals surface area contributed by atoms with Crippen LogP contribution in [0.5, 0.6) is 0 Å². The third-order valence-electron chi connectivity index (χ3n) is 3.24. The van der Waals surface area contributed by atoms with Gasteiger partial charge in [0, 0.05) is 23.1 Å². The number of anilines is 1. The standard InChI is InChI=1S/C15H15BrClFN2/c1-20(14-5-3-2-4-13(14)18)15(9-19)11-8-10(16)6-7-12(11)17/h2-8,15H,9,19H2,1H3. The fourth-order valence-electron chi connectivity index (χ4n) is 2.17. The van der Waals surface area contributed by atoms with Gasteiger partial charge in [-0.05, 0) is 35.9 Å². The van der Waals surface area contributed by atoms with Gasteiger partial charge in [-0.3, -0.25) is 0 Å². The maximum absolute atomic E-state index is 13.9. The van der Waals surface area contributed by atoms with Crippen LogP contribution in [-0.4, -0.2) is 13.6 Å². The van der Waals surface area contributed by atoms with Crippen LogP contribution in [0.4, 0.5) is 10.1 Å². The molecule has 106 valence electrons. The van der Waals surface area contributed by atoms with Crippen LogP contribution in [0.15, 0.2) is 46.9 Å². The van der Waals surface area contributed by atoms with E-state index < -0.39 is 0 Å². The molecular weight excluding hydrogens is 343 g/mol. The average Bonchev–Trinajstić information content (AvgIpc) is 2.44. The molecule has 2 rings (SSSR count). The minimum Gasteiger partial charge on any atom is -0.364 e. The molecule has 2 aromatic carbocycles. The van der Waals surface area contributed by atoms with E-state index in [2.05, 4.69) is 15.9 Å². The van der Waals surface area contributed by atoms with Crippen molar-refractivity contribution >= 4 is 33.2 Å². The molecule has 1 atom stereocenters. The molecule has 0 aliphatic heterocycles. The van der Waals surface area contributed by atoms with E-state index in [1.54, 1.807) is 24.3 Å². The molecule has 0 aromatic heterocycles. The quantitative estimate of drug-likeness (QED) is 0.880. The predicted octanol–water partition coefficient (Wildman–Crippen LogP) is 4.38. The van der Waals surface area contributed by atoms with Crippen LogP contribution in [0.3, 0.4) is 0 Å². The number of rotatable bonds is 4. The average molecular weight is 358 g/mol. The Morgan fingerprint density at radius 2 is 2.00 bits per heavy atom. The second-order valence-corrected chi connectivity index (χ2v) is 5.80. The summed E-state index contributed by atoms with van der Waals surface area (Å²) in [6, 6.07) is 12.0. The number of nitrogens with zero attached hydrogens (tertiary/aromatic N) is 1. The number of nitrogens with two attached hydrogens (primary N) is 1. The van der Waals surface area contributed by atoms with Crippen molar-refractivity contribution in [2.75, 3.05) is 18.5 Å². The Morgan fingerprint density at radius 3 is 2.65 bits per heavy atom. The van der Waals surface area contributed by atoms with E-state index in [0.29, 0.717) is 17.3 Å². The zero-order chi connectivity index (χ0) is 14.7. The number of hydrogen-bond donors (Lipinski definition) is 1. The molecule has 0 heterocycles. The fourth-order valence-corrected chi connectivity index (χ4v) is 2.79. The lowest BCUT2D eigenvalue weighted by Gasteiger charge is -2.30. The number of hydrogen-bond acceptors (Lipinski definition) is 2. The van der Waals surface area contributed by atoms with Gasteiger partial charge in [-0.15, -0.1) is 0 Å². The summed E-state index contributed by atoms with van der Waals surface area (Å²) >= 11 is 9.67. The van der Waals surface area contributed by atoms with Crippen molar-refractivity contribution in [3.63, 3.8) is 0 Å². The number of benzene rings is 2. The minimum absolute atomic E-state index is 0.197. The van der Waals surface area contributed by atoms with E-state index in [4.69, 9.17) is 17.3 Å². The van der Waals surface area contributed by atoms with Crippen molar-refractivity contribution in [1.82, 2.24) is 0 Å². The topological polar surface area (TPSA) is 29.3 Å². The molecule has 2 N–H and O–H groups in total. The number of para-hydroxylation sites is 1. The molecule has 0 aliphatic carbocycles. The molecule has 0 fully saturated rings. The highest BCUT2D eigenvalue weighted by Crippen LogP contribution is 2.32. The van der Waals surface area contributed by atoms with E-state index in [1.807, 2.05) is 24.1 Å². The van der Waals surface area contributed by atoms with Crippen LogP contribution in [0.1, 0.15) is 11.6 Å². The molecule has 20 heavy (non-hydrogen) atoms. The van der Waals surface area contributed by atoms with Gasteiger partial charge in [0.25, 0.3) is 0 Å². The van der Waals surface area contributed by atoms with Gasteiger partial charge in [-0.2, -0.15) is 0 Å². The summed E-state index contributed by atoms with van der Waals surface area (Å²) in [6.07, 6.45) is 0. The Bertz CT molecular complexity index is 606. The van der Waals surface area contributed by atoms with Crippen LogP contribution >= 0.6 is 27.5 Å². The van der Waals surface area contributed by atoms with Gasteiger partial charge in [0.2, 0.25) is 0 Å². The Balaban J connectivity index is 2.42. The lowest BCUT2D eigenvalue weighted by molar-refractivity contribution is 0.603. The highest BCUT2D eigenvalue weighted by atomic mass is 79.9. The number of halogens is 3. The van der Waals surface area contributed by atoms with Crippen LogP contribution in [0.25, 0.3) is 0 Å². The van der Waals surface area contributed by atoms with Gasteiger partial charge in [-0.25, -0.2) is 4.39 Å². The first-order valence-electron chi connectivity index (χ1n) is 6.17. The Morgan fingerprint density at radius 1 is 1.30 bits per heavy atom. The molecule has 0 amide bonds. The monoisotopic (exact) mass is 356 g/mol. The molecular formula is C15H15BrClFN2. The highest BCUT2D eigenvalue weighted by Gasteiger charge is 2.20. The third-order valence-corrected chi connectivity index (χ3v) is 4.08. The summed E-state index contributed by atoms with van der Waals surface area (Å²) in [6.45, 7) is 0.334. The largest absolute Gasteiger partial charge is 0.364 e. The molecule has 2 nitrogen and oxygen atoms in total. The van der Waals surface area contributed by atoms with E-state index in [-0.39, 0.29) is 11.9 Å². The van der Waals surface area contributed by atoms with Crippen LogP contribution in [0, 0.1) is 5.82 Å². The van der Waals surface area contributed by atoms with Gasteiger partial charge in [0.15, 0.2) is 0 Å². The molecule has 0 radical (unpaired) electrons. The molecule has 5 heteroatoms. The van der Waals surface area contributed by atoms with E-state index in [0.717, 1.165) is 10.0 Å². The van der Waals surface area contributed by atoms with Gasteiger partial charge in [0.1, 0.15) is 5.82 Å². The Kier molecular flexibility index (Phi) is 5.02. The minimum atomic E-state index is -0.278. The maximum atomic E-state index is 13.9. The van der Waals surface area contributed by atoms with Crippen molar-refractivity contribution in [2.24, 2.45) is 5.73 Å². The van der Waals surface area contributed by atoms with Crippen LogP contribution in [0.2, 0.25) is 5.02 Å². The summed E-state index contributed by atoms with van der Waals surface area (Å²) < 4.78 is 14.8. The number of likely N-dealkylation sites (N-methyl/N-ethyl adjacent to an activating group) is 1.